The first-order valence-electron chi connectivity index (χ1n) is 5.55. The van der Waals surface area contributed by atoms with E-state index >= 15 is 0 Å². The monoisotopic (exact) mass is 284 g/mol. The third-order valence-corrected chi connectivity index (χ3v) is 3.34. The second-order valence-corrected chi connectivity index (χ2v) is 5.16. The number of ether oxygens (including phenoxy) is 1. The minimum atomic E-state index is 0.688. The van der Waals surface area contributed by atoms with E-state index in [1.165, 1.54) is 12.8 Å². The number of halogens is 1. The van der Waals surface area contributed by atoms with E-state index in [1.54, 1.807) is 0 Å². The number of nitrogens with two attached hydrogens (primary N) is 1. The van der Waals surface area contributed by atoms with E-state index in [-0.39, 0.29) is 0 Å². The highest BCUT2D eigenvalue weighted by molar-refractivity contribution is 9.10. The second-order valence-electron chi connectivity index (χ2n) is 4.24. The fraction of sp³-hybridized carbons (Fsp3) is 0.500. The molecule has 2 N–H and O–H groups in total. The first-order valence-corrected chi connectivity index (χ1v) is 6.34. The highest BCUT2D eigenvalue weighted by Crippen LogP contribution is 2.27. The Morgan fingerprint density at radius 1 is 1.50 bits per heavy atom. The van der Waals surface area contributed by atoms with Crippen LogP contribution in [0.25, 0.3) is 0 Å². The maximum atomic E-state index is 5.82. The number of likely N-dealkylation sites (N-methyl/N-ethyl adjacent to an activating group) is 1. The zero-order valence-corrected chi connectivity index (χ0v) is 11.0. The molecule has 0 saturated heterocycles. The Morgan fingerprint density at radius 2 is 2.25 bits per heavy atom. The molecule has 0 bridgehead atoms. The minimum Gasteiger partial charge on any atom is -0.490 e. The fourth-order valence-corrected chi connectivity index (χ4v) is 1.97. The largest absolute Gasteiger partial charge is 0.490 e. The molecule has 0 unspecified atom stereocenters. The molecule has 88 valence electrons. The maximum Gasteiger partial charge on any atom is 0.143 e. The van der Waals surface area contributed by atoms with E-state index in [2.05, 4.69) is 27.9 Å². The zero-order chi connectivity index (χ0) is 11.5. The summed E-state index contributed by atoms with van der Waals surface area (Å²) in [7, 11) is 2.14. The average molecular weight is 285 g/mol. The van der Waals surface area contributed by atoms with Crippen molar-refractivity contribution >= 4 is 21.6 Å². The molecule has 1 aromatic carbocycles. The van der Waals surface area contributed by atoms with Gasteiger partial charge in [0.05, 0.1) is 5.69 Å². The Balaban J connectivity index is 1.81. The highest BCUT2D eigenvalue weighted by atomic mass is 79.9. The van der Waals surface area contributed by atoms with E-state index in [0.717, 1.165) is 22.8 Å². The van der Waals surface area contributed by atoms with Gasteiger partial charge in [0.15, 0.2) is 0 Å². The Bertz CT molecular complexity index is 366. The van der Waals surface area contributed by atoms with E-state index in [0.29, 0.717) is 12.3 Å². The van der Waals surface area contributed by atoms with Gasteiger partial charge in [-0.25, -0.2) is 0 Å². The van der Waals surface area contributed by atoms with Gasteiger partial charge in [-0.2, -0.15) is 0 Å². The van der Waals surface area contributed by atoms with Crippen LogP contribution in [0.4, 0.5) is 5.69 Å². The number of nitrogens with zero attached hydrogens (tertiary/aromatic N) is 1. The number of nitrogen functional groups attached to an aromatic ring is 1. The molecule has 0 atom stereocenters. The van der Waals surface area contributed by atoms with Gasteiger partial charge in [-0.3, -0.25) is 0 Å². The van der Waals surface area contributed by atoms with Gasteiger partial charge >= 0.3 is 0 Å². The lowest BCUT2D eigenvalue weighted by Gasteiger charge is -2.16. The SMILES string of the molecule is CN(CCOc1cc(Br)ccc1N)C1CC1. The van der Waals surface area contributed by atoms with Crippen molar-refractivity contribution in [2.45, 2.75) is 18.9 Å². The van der Waals surface area contributed by atoms with Crippen LogP contribution in [0.15, 0.2) is 22.7 Å². The number of anilines is 1. The van der Waals surface area contributed by atoms with Crippen LogP contribution in [0.3, 0.4) is 0 Å². The molecule has 1 aromatic rings. The molecule has 1 aliphatic rings. The molecule has 0 radical (unpaired) electrons. The summed E-state index contributed by atoms with van der Waals surface area (Å²) in [4.78, 5) is 2.34. The Kier molecular flexibility index (Phi) is 3.71. The average Bonchev–Trinajstić information content (AvgIpc) is 3.06. The van der Waals surface area contributed by atoms with Gasteiger partial charge in [-0.1, -0.05) is 15.9 Å². The quantitative estimate of drug-likeness (QED) is 0.845. The highest BCUT2D eigenvalue weighted by Gasteiger charge is 2.25. The van der Waals surface area contributed by atoms with E-state index in [1.807, 2.05) is 18.2 Å². The van der Waals surface area contributed by atoms with Crippen molar-refractivity contribution in [3.05, 3.63) is 22.7 Å². The van der Waals surface area contributed by atoms with E-state index in [9.17, 15) is 0 Å². The summed E-state index contributed by atoms with van der Waals surface area (Å²) in [6, 6.07) is 6.46. The summed E-state index contributed by atoms with van der Waals surface area (Å²) in [5, 5.41) is 0. The molecular weight excluding hydrogens is 268 g/mol. The van der Waals surface area contributed by atoms with Crippen LogP contribution >= 0.6 is 15.9 Å². The standard InChI is InChI=1S/C12H17BrN2O/c1-15(10-3-4-10)6-7-16-12-8-9(13)2-5-11(12)14/h2,5,8,10H,3-4,6-7,14H2,1H3. The number of rotatable bonds is 5. The summed E-state index contributed by atoms with van der Waals surface area (Å²) in [6.45, 7) is 1.64. The molecule has 0 aromatic heterocycles. The number of hydrogen-bond donors (Lipinski definition) is 1. The predicted octanol–water partition coefficient (Wildman–Crippen LogP) is 2.50. The topological polar surface area (TPSA) is 38.5 Å². The lowest BCUT2D eigenvalue weighted by molar-refractivity contribution is 0.232. The van der Waals surface area contributed by atoms with E-state index < -0.39 is 0 Å². The first-order chi connectivity index (χ1) is 7.66. The Hall–Kier alpha value is -0.740. The van der Waals surface area contributed by atoms with Crippen LogP contribution in [-0.2, 0) is 0 Å². The zero-order valence-electron chi connectivity index (χ0n) is 9.45. The summed E-state index contributed by atoms with van der Waals surface area (Å²) in [6.07, 6.45) is 2.66. The first kappa shape index (κ1) is 11.7. The smallest absolute Gasteiger partial charge is 0.143 e. The van der Waals surface area contributed by atoms with Crippen LogP contribution in [0.5, 0.6) is 5.75 Å². The van der Waals surface area contributed by atoms with E-state index in [4.69, 9.17) is 10.5 Å². The summed E-state index contributed by atoms with van der Waals surface area (Å²) in [5.41, 5.74) is 6.51. The van der Waals surface area contributed by atoms with Gasteiger partial charge in [-0.05, 0) is 38.1 Å². The van der Waals surface area contributed by atoms with Crippen LogP contribution in [-0.4, -0.2) is 31.1 Å². The van der Waals surface area contributed by atoms with Gasteiger partial charge in [-0.15, -0.1) is 0 Å². The second kappa shape index (κ2) is 5.06. The van der Waals surface area contributed by atoms with Gasteiger partial charge in [0.1, 0.15) is 12.4 Å². The minimum absolute atomic E-state index is 0.688. The molecule has 0 aliphatic heterocycles. The summed E-state index contributed by atoms with van der Waals surface area (Å²) in [5.74, 6) is 0.763. The lowest BCUT2D eigenvalue weighted by atomic mass is 10.3. The Labute approximate surface area is 105 Å². The van der Waals surface area contributed by atoms with Gasteiger partial charge in [0.2, 0.25) is 0 Å². The van der Waals surface area contributed by atoms with Crippen molar-refractivity contribution in [2.24, 2.45) is 0 Å². The molecule has 1 aliphatic carbocycles. The molecule has 0 spiro atoms. The summed E-state index contributed by atoms with van der Waals surface area (Å²) >= 11 is 3.40. The molecule has 1 fully saturated rings. The van der Waals surface area contributed by atoms with Crippen molar-refractivity contribution in [3.63, 3.8) is 0 Å². The van der Waals surface area contributed by atoms with Crippen LogP contribution < -0.4 is 10.5 Å². The Morgan fingerprint density at radius 3 is 2.94 bits per heavy atom. The number of hydrogen-bond acceptors (Lipinski definition) is 3. The normalized spacial score (nSPS) is 15.4. The number of benzene rings is 1. The van der Waals surface area contributed by atoms with Crippen molar-refractivity contribution < 1.29 is 4.74 Å². The lowest BCUT2D eigenvalue weighted by Crippen LogP contribution is -2.26. The molecule has 1 saturated carbocycles. The van der Waals surface area contributed by atoms with Crippen LogP contribution in [0.2, 0.25) is 0 Å². The predicted molar refractivity (Wildman–Crippen MR) is 69.7 cm³/mol. The van der Waals surface area contributed by atoms with Crippen molar-refractivity contribution in [3.8, 4) is 5.75 Å². The molecule has 0 heterocycles. The third kappa shape index (κ3) is 3.12. The van der Waals surface area contributed by atoms with Crippen molar-refractivity contribution in [2.75, 3.05) is 25.9 Å². The molecule has 2 rings (SSSR count). The molecular formula is C12H17BrN2O. The van der Waals surface area contributed by atoms with Crippen molar-refractivity contribution in [1.29, 1.82) is 0 Å². The summed E-state index contributed by atoms with van der Waals surface area (Å²) < 4.78 is 6.66. The molecule has 16 heavy (non-hydrogen) atoms. The van der Waals surface area contributed by atoms with Crippen LogP contribution in [0, 0.1) is 0 Å². The van der Waals surface area contributed by atoms with Crippen LogP contribution in [0.1, 0.15) is 12.8 Å². The van der Waals surface area contributed by atoms with Gasteiger partial charge in [0.25, 0.3) is 0 Å². The molecule has 3 nitrogen and oxygen atoms in total. The van der Waals surface area contributed by atoms with Gasteiger partial charge in [0, 0.05) is 17.1 Å². The third-order valence-electron chi connectivity index (χ3n) is 2.85. The fourth-order valence-electron chi connectivity index (χ4n) is 1.63. The van der Waals surface area contributed by atoms with Gasteiger partial charge < -0.3 is 15.4 Å². The maximum absolute atomic E-state index is 5.82. The van der Waals surface area contributed by atoms with Crippen molar-refractivity contribution in [1.82, 2.24) is 4.90 Å². The molecule has 4 heteroatoms. The molecule has 0 amide bonds.